The molecule has 0 saturated heterocycles. The van der Waals surface area contributed by atoms with Crippen molar-refractivity contribution in [3.8, 4) is 0 Å². The number of halogens is 3. The molecule has 1 aromatic carbocycles. The van der Waals surface area contributed by atoms with Crippen molar-refractivity contribution in [3.63, 3.8) is 0 Å². The maximum atomic E-state index is 13.3. The molecule has 3 N–H and O–H groups in total. The Morgan fingerprint density at radius 3 is 2.61 bits per heavy atom. The van der Waals surface area contributed by atoms with E-state index in [0.29, 0.717) is 0 Å². The van der Waals surface area contributed by atoms with Crippen LogP contribution in [-0.2, 0) is 6.54 Å². The van der Waals surface area contributed by atoms with E-state index in [4.69, 9.17) is 10.2 Å². The van der Waals surface area contributed by atoms with Crippen molar-refractivity contribution in [3.05, 3.63) is 35.1 Å². The van der Waals surface area contributed by atoms with E-state index in [2.05, 4.69) is 5.32 Å². The third-order valence-electron chi connectivity index (χ3n) is 2.22. The molecule has 0 unspecified atom stereocenters. The third-order valence-corrected chi connectivity index (χ3v) is 2.22. The van der Waals surface area contributed by atoms with Gasteiger partial charge in [0.1, 0.15) is 12.4 Å². The van der Waals surface area contributed by atoms with E-state index in [-0.39, 0.29) is 17.7 Å². The highest BCUT2D eigenvalue weighted by Crippen LogP contribution is 2.13. The molecular weight excluding hydrogens is 251 g/mol. The van der Waals surface area contributed by atoms with Crippen LogP contribution in [0.5, 0.6) is 0 Å². The highest BCUT2D eigenvalue weighted by Gasteiger charge is 2.26. The van der Waals surface area contributed by atoms with Gasteiger partial charge < -0.3 is 15.5 Å². The molecule has 0 fully saturated rings. The Morgan fingerprint density at radius 2 is 2.06 bits per heavy atom. The summed E-state index contributed by atoms with van der Waals surface area (Å²) >= 11 is 0. The van der Waals surface area contributed by atoms with Gasteiger partial charge in [0.25, 0.3) is 5.92 Å². The molecule has 0 aromatic heterocycles. The SMILES string of the molecule is O=C(O)c1ccc(F)c(CNCC(F)(F)CO)c1. The van der Waals surface area contributed by atoms with Gasteiger partial charge in [0.05, 0.1) is 12.1 Å². The van der Waals surface area contributed by atoms with E-state index in [1.165, 1.54) is 0 Å². The summed E-state index contributed by atoms with van der Waals surface area (Å²) < 4.78 is 38.6. The molecule has 0 radical (unpaired) electrons. The molecule has 0 atom stereocenters. The number of nitrogens with one attached hydrogen (secondary N) is 1. The summed E-state index contributed by atoms with van der Waals surface area (Å²) in [6, 6.07) is 3.12. The lowest BCUT2D eigenvalue weighted by molar-refractivity contribution is -0.0478. The smallest absolute Gasteiger partial charge is 0.335 e. The van der Waals surface area contributed by atoms with Crippen molar-refractivity contribution in [2.24, 2.45) is 0 Å². The topological polar surface area (TPSA) is 69.6 Å². The van der Waals surface area contributed by atoms with E-state index >= 15 is 0 Å². The second kappa shape index (κ2) is 5.83. The standard InChI is InChI=1S/C11H12F3NO3/c12-9-2-1-7(10(17)18)3-8(9)4-15-5-11(13,14)6-16/h1-3,15-16H,4-6H2,(H,17,18). The first-order valence-electron chi connectivity index (χ1n) is 5.07. The van der Waals surface area contributed by atoms with Crippen molar-refractivity contribution in [2.45, 2.75) is 12.5 Å². The monoisotopic (exact) mass is 263 g/mol. The lowest BCUT2D eigenvalue weighted by Crippen LogP contribution is -2.35. The van der Waals surface area contributed by atoms with E-state index in [9.17, 15) is 18.0 Å². The van der Waals surface area contributed by atoms with Crippen LogP contribution in [0.15, 0.2) is 18.2 Å². The molecule has 0 aliphatic heterocycles. The van der Waals surface area contributed by atoms with Crippen LogP contribution in [0, 0.1) is 5.82 Å². The molecule has 1 aromatic rings. The van der Waals surface area contributed by atoms with Crippen LogP contribution in [0.3, 0.4) is 0 Å². The van der Waals surface area contributed by atoms with Gasteiger partial charge in [0.15, 0.2) is 0 Å². The molecular formula is C11H12F3NO3. The summed E-state index contributed by atoms with van der Waals surface area (Å²) in [4.78, 5) is 10.6. The molecule has 0 aliphatic carbocycles. The summed E-state index contributed by atoms with van der Waals surface area (Å²) in [5.74, 6) is -5.20. The average Bonchev–Trinajstić information content (AvgIpc) is 2.31. The van der Waals surface area contributed by atoms with Crippen LogP contribution >= 0.6 is 0 Å². The van der Waals surface area contributed by atoms with E-state index in [1.807, 2.05) is 0 Å². The number of carboxylic acids is 1. The van der Waals surface area contributed by atoms with Gasteiger partial charge in [-0.05, 0) is 18.2 Å². The number of aliphatic hydroxyl groups excluding tert-OH is 1. The number of rotatable bonds is 6. The minimum Gasteiger partial charge on any atom is -0.478 e. The quantitative estimate of drug-likeness (QED) is 0.722. The number of hydrogen-bond acceptors (Lipinski definition) is 3. The summed E-state index contributed by atoms with van der Waals surface area (Å²) in [7, 11) is 0. The van der Waals surface area contributed by atoms with Crippen molar-refractivity contribution in [1.29, 1.82) is 0 Å². The Morgan fingerprint density at radius 1 is 1.39 bits per heavy atom. The van der Waals surface area contributed by atoms with Crippen LogP contribution in [-0.4, -0.2) is 35.3 Å². The van der Waals surface area contributed by atoms with Gasteiger partial charge in [-0.3, -0.25) is 0 Å². The second-order valence-corrected chi connectivity index (χ2v) is 3.73. The van der Waals surface area contributed by atoms with Gasteiger partial charge in [-0.1, -0.05) is 0 Å². The second-order valence-electron chi connectivity index (χ2n) is 3.73. The van der Waals surface area contributed by atoms with Crippen molar-refractivity contribution < 1.29 is 28.2 Å². The number of benzene rings is 1. The maximum absolute atomic E-state index is 13.3. The van der Waals surface area contributed by atoms with Crippen molar-refractivity contribution in [2.75, 3.05) is 13.2 Å². The van der Waals surface area contributed by atoms with E-state index < -0.39 is 30.9 Å². The fourth-order valence-corrected chi connectivity index (χ4v) is 1.28. The van der Waals surface area contributed by atoms with Gasteiger partial charge >= 0.3 is 5.97 Å². The normalized spacial score (nSPS) is 11.6. The molecule has 100 valence electrons. The zero-order valence-electron chi connectivity index (χ0n) is 9.29. The van der Waals surface area contributed by atoms with Crippen LogP contribution in [0.2, 0.25) is 0 Å². The molecule has 0 amide bonds. The summed E-state index contributed by atoms with van der Waals surface area (Å²) in [5, 5.41) is 19.3. The highest BCUT2D eigenvalue weighted by atomic mass is 19.3. The maximum Gasteiger partial charge on any atom is 0.335 e. The van der Waals surface area contributed by atoms with Gasteiger partial charge in [-0.2, -0.15) is 0 Å². The summed E-state index contributed by atoms with van der Waals surface area (Å²) in [6.07, 6.45) is 0. The largest absolute Gasteiger partial charge is 0.478 e. The van der Waals surface area contributed by atoms with Crippen molar-refractivity contribution in [1.82, 2.24) is 5.32 Å². The molecule has 0 spiro atoms. The zero-order valence-corrected chi connectivity index (χ0v) is 9.29. The first-order chi connectivity index (χ1) is 8.35. The Bertz CT molecular complexity index is 438. The van der Waals surface area contributed by atoms with Gasteiger partial charge in [0, 0.05) is 12.1 Å². The summed E-state index contributed by atoms with van der Waals surface area (Å²) in [6.45, 7) is -2.37. The minimum atomic E-state index is -3.29. The lowest BCUT2D eigenvalue weighted by Gasteiger charge is -2.14. The number of aliphatic hydroxyl groups is 1. The third kappa shape index (κ3) is 4.01. The molecule has 0 heterocycles. The first kappa shape index (κ1) is 14.5. The van der Waals surface area contributed by atoms with Crippen molar-refractivity contribution >= 4 is 5.97 Å². The fraction of sp³-hybridized carbons (Fsp3) is 0.364. The van der Waals surface area contributed by atoms with Crippen LogP contribution in [0.1, 0.15) is 15.9 Å². The Kier molecular flexibility index (Phi) is 4.69. The Balaban J connectivity index is 2.67. The Labute approximate surface area is 101 Å². The number of hydrogen-bond donors (Lipinski definition) is 3. The lowest BCUT2D eigenvalue weighted by atomic mass is 10.1. The fourth-order valence-electron chi connectivity index (χ4n) is 1.28. The highest BCUT2D eigenvalue weighted by molar-refractivity contribution is 5.87. The van der Waals surface area contributed by atoms with Crippen LogP contribution < -0.4 is 5.32 Å². The zero-order chi connectivity index (χ0) is 13.8. The molecule has 0 saturated carbocycles. The number of aromatic carboxylic acids is 1. The minimum absolute atomic E-state index is 0.0244. The van der Waals surface area contributed by atoms with Gasteiger partial charge in [-0.15, -0.1) is 0 Å². The average molecular weight is 263 g/mol. The molecule has 1 rings (SSSR count). The number of carboxylic acid groups (broad SMARTS) is 1. The van der Waals surface area contributed by atoms with Gasteiger partial charge in [0.2, 0.25) is 0 Å². The predicted molar refractivity (Wildman–Crippen MR) is 57.1 cm³/mol. The van der Waals surface area contributed by atoms with Gasteiger partial charge in [-0.25, -0.2) is 18.0 Å². The van der Waals surface area contributed by atoms with E-state index in [0.717, 1.165) is 18.2 Å². The number of carbonyl (C=O) groups is 1. The predicted octanol–water partition coefficient (Wildman–Crippen LogP) is 1.24. The molecule has 0 aliphatic rings. The molecule has 7 heteroatoms. The first-order valence-corrected chi connectivity index (χ1v) is 5.07. The summed E-state index contributed by atoms with van der Waals surface area (Å²) in [5.41, 5.74) is -0.147. The molecule has 0 bridgehead atoms. The van der Waals surface area contributed by atoms with E-state index in [1.54, 1.807) is 0 Å². The van der Waals surface area contributed by atoms with Crippen LogP contribution in [0.4, 0.5) is 13.2 Å². The van der Waals surface area contributed by atoms with Crippen LogP contribution in [0.25, 0.3) is 0 Å². The Hall–Kier alpha value is -1.60. The number of alkyl halides is 2. The molecule has 18 heavy (non-hydrogen) atoms. The molecule has 4 nitrogen and oxygen atoms in total.